The number of hydrogen-bond donors (Lipinski definition) is 1. The molecule has 1 heterocycles. The first-order chi connectivity index (χ1) is 7.70. The molecule has 1 N–H and O–H groups in total. The molecule has 0 amide bonds. The highest BCUT2D eigenvalue weighted by Gasteiger charge is 2.05. The van der Waals surface area contributed by atoms with Crippen molar-refractivity contribution in [2.45, 2.75) is 13.2 Å². The number of rotatable bonds is 4. The van der Waals surface area contributed by atoms with E-state index in [-0.39, 0.29) is 0 Å². The second-order valence-electron chi connectivity index (χ2n) is 4.36. The van der Waals surface area contributed by atoms with E-state index in [9.17, 15) is 0 Å². The first kappa shape index (κ1) is 11.2. The fraction of sp³-hybridized carbons (Fsp3) is 0.385. The minimum absolute atomic E-state index is 0.669. The number of H-pyrrole nitrogens is 1. The predicted octanol–water partition coefficient (Wildman–Crippen LogP) is 2.38. The van der Waals surface area contributed by atoms with E-state index < -0.39 is 0 Å². The average Bonchev–Trinajstić information content (AvgIpc) is 2.61. The lowest BCUT2D eigenvalue weighted by molar-refractivity contribution is 0.185. The summed E-state index contributed by atoms with van der Waals surface area (Å²) in [6.45, 7) is 1.62. The van der Waals surface area contributed by atoms with Gasteiger partial charge >= 0.3 is 0 Å². The summed E-state index contributed by atoms with van der Waals surface area (Å²) in [5, 5.41) is 1.29. The fourth-order valence-electron chi connectivity index (χ4n) is 1.95. The zero-order valence-electron chi connectivity index (χ0n) is 10.1. The Labute approximate surface area is 96.0 Å². The van der Waals surface area contributed by atoms with Gasteiger partial charge in [0.15, 0.2) is 0 Å². The van der Waals surface area contributed by atoms with Crippen LogP contribution in [0, 0.1) is 0 Å². The van der Waals surface area contributed by atoms with E-state index in [1.807, 2.05) is 0 Å². The fourth-order valence-corrected chi connectivity index (χ4v) is 1.95. The summed E-state index contributed by atoms with van der Waals surface area (Å²) in [5.41, 5.74) is 3.74. The summed E-state index contributed by atoms with van der Waals surface area (Å²) in [6, 6.07) is 6.42. The molecule has 0 radical (unpaired) electrons. The van der Waals surface area contributed by atoms with E-state index >= 15 is 0 Å². The lowest BCUT2D eigenvalue weighted by Crippen LogP contribution is -2.10. The molecule has 0 saturated carbocycles. The summed E-state index contributed by atoms with van der Waals surface area (Å²) in [5.74, 6) is 0. The number of hydrogen-bond acceptors (Lipinski definition) is 2. The van der Waals surface area contributed by atoms with Gasteiger partial charge in [-0.15, -0.1) is 0 Å². The van der Waals surface area contributed by atoms with Crippen LogP contribution in [0.5, 0.6) is 0 Å². The van der Waals surface area contributed by atoms with Crippen LogP contribution in [0.2, 0.25) is 0 Å². The molecule has 0 unspecified atom stereocenters. The molecule has 0 aliphatic rings. The molecule has 3 heteroatoms. The van der Waals surface area contributed by atoms with Crippen LogP contribution in [0.1, 0.15) is 11.1 Å². The van der Waals surface area contributed by atoms with Gasteiger partial charge < -0.3 is 14.6 Å². The standard InChI is InChI=1S/C13H18N2O/c1-15(2)8-11-7-14-13-5-4-10(9-16-3)6-12(11)13/h4-7,14H,8-9H2,1-3H3. The van der Waals surface area contributed by atoms with E-state index in [1.165, 1.54) is 22.0 Å². The molecule has 2 aromatic rings. The Bertz CT molecular complexity index is 474. The molecule has 16 heavy (non-hydrogen) atoms. The first-order valence-corrected chi connectivity index (χ1v) is 5.43. The Morgan fingerprint density at radius 2 is 2.12 bits per heavy atom. The van der Waals surface area contributed by atoms with Gasteiger partial charge in [-0.2, -0.15) is 0 Å². The topological polar surface area (TPSA) is 28.3 Å². The van der Waals surface area contributed by atoms with Crippen LogP contribution >= 0.6 is 0 Å². The van der Waals surface area contributed by atoms with Crippen LogP contribution in [-0.4, -0.2) is 31.1 Å². The zero-order valence-corrected chi connectivity index (χ0v) is 10.1. The van der Waals surface area contributed by atoms with Crippen molar-refractivity contribution in [2.75, 3.05) is 21.2 Å². The smallest absolute Gasteiger partial charge is 0.0713 e. The molecule has 0 fully saturated rings. The second kappa shape index (κ2) is 4.68. The Morgan fingerprint density at radius 1 is 1.31 bits per heavy atom. The molecule has 0 aliphatic carbocycles. The number of aromatic nitrogens is 1. The highest BCUT2D eigenvalue weighted by molar-refractivity contribution is 5.83. The molecule has 0 saturated heterocycles. The molecule has 86 valence electrons. The molecular formula is C13H18N2O. The molecular weight excluding hydrogens is 200 g/mol. The maximum atomic E-state index is 5.15. The van der Waals surface area contributed by atoms with Crippen molar-refractivity contribution < 1.29 is 4.74 Å². The van der Waals surface area contributed by atoms with Crippen LogP contribution < -0.4 is 0 Å². The van der Waals surface area contributed by atoms with E-state index in [4.69, 9.17) is 4.74 Å². The van der Waals surface area contributed by atoms with Crippen LogP contribution in [0.3, 0.4) is 0 Å². The third-order valence-corrected chi connectivity index (χ3v) is 2.63. The number of benzene rings is 1. The minimum atomic E-state index is 0.669. The van der Waals surface area contributed by atoms with E-state index in [2.05, 4.69) is 48.4 Å². The molecule has 0 bridgehead atoms. The van der Waals surface area contributed by atoms with Gasteiger partial charge in [0.1, 0.15) is 0 Å². The second-order valence-corrected chi connectivity index (χ2v) is 4.36. The quantitative estimate of drug-likeness (QED) is 0.853. The lowest BCUT2D eigenvalue weighted by atomic mass is 10.1. The summed E-state index contributed by atoms with van der Waals surface area (Å²) >= 11 is 0. The number of fused-ring (bicyclic) bond motifs is 1. The van der Waals surface area contributed by atoms with Crippen LogP contribution in [0.15, 0.2) is 24.4 Å². The third kappa shape index (κ3) is 2.26. The van der Waals surface area contributed by atoms with Crippen LogP contribution in [0.25, 0.3) is 10.9 Å². The van der Waals surface area contributed by atoms with Gasteiger partial charge in [0.25, 0.3) is 0 Å². The average molecular weight is 218 g/mol. The van der Waals surface area contributed by atoms with Crippen molar-refractivity contribution >= 4 is 10.9 Å². The van der Waals surface area contributed by atoms with Crippen molar-refractivity contribution in [1.82, 2.24) is 9.88 Å². The largest absolute Gasteiger partial charge is 0.380 e. The zero-order chi connectivity index (χ0) is 11.5. The van der Waals surface area contributed by atoms with Crippen LogP contribution in [-0.2, 0) is 17.9 Å². The maximum Gasteiger partial charge on any atom is 0.0713 e. The van der Waals surface area contributed by atoms with Crippen molar-refractivity contribution in [3.05, 3.63) is 35.5 Å². The lowest BCUT2D eigenvalue weighted by Gasteiger charge is -2.08. The van der Waals surface area contributed by atoms with Gasteiger partial charge in [0, 0.05) is 30.8 Å². The minimum Gasteiger partial charge on any atom is -0.380 e. The molecule has 0 aliphatic heterocycles. The molecule has 3 nitrogen and oxygen atoms in total. The Morgan fingerprint density at radius 3 is 2.81 bits per heavy atom. The van der Waals surface area contributed by atoms with Gasteiger partial charge in [-0.25, -0.2) is 0 Å². The van der Waals surface area contributed by atoms with Gasteiger partial charge in [-0.05, 0) is 37.4 Å². The highest BCUT2D eigenvalue weighted by Crippen LogP contribution is 2.21. The number of ether oxygens (including phenoxy) is 1. The van der Waals surface area contributed by atoms with Crippen molar-refractivity contribution in [3.8, 4) is 0 Å². The maximum absolute atomic E-state index is 5.15. The molecule has 0 atom stereocenters. The Balaban J connectivity index is 2.39. The molecule has 1 aromatic heterocycles. The first-order valence-electron chi connectivity index (χ1n) is 5.43. The Kier molecular flexibility index (Phi) is 3.27. The number of nitrogens with one attached hydrogen (secondary N) is 1. The number of nitrogens with zero attached hydrogens (tertiary/aromatic N) is 1. The summed E-state index contributed by atoms with van der Waals surface area (Å²) in [6.07, 6.45) is 2.08. The molecule has 0 spiro atoms. The monoisotopic (exact) mass is 218 g/mol. The van der Waals surface area contributed by atoms with Crippen molar-refractivity contribution in [1.29, 1.82) is 0 Å². The van der Waals surface area contributed by atoms with Gasteiger partial charge in [0.2, 0.25) is 0 Å². The normalized spacial score (nSPS) is 11.5. The van der Waals surface area contributed by atoms with Crippen molar-refractivity contribution in [2.24, 2.45) is 0 Å². The SMILES string of the molecule is COCc1ccc2[nH]cc(CN(C)C)c2c1. The summed E-state index contributed by atoms with van der Waals surface area (Å²) < 4.78 is 5.15. The number of aromatic amines is 1. The Hall–Kier alpha value is -1.32. The van der Waals surface area contributed by atoms with Gasteiger partial charge in [-0.3, -0.25) is 0 Å². The summed E-state index contributed by atoms with van der Waals surface area (Å²) in [7, 11) is 5.89. The van der Waals surface area contributed by atoms with Gasteiger partial charge in [-0.1, -0.05) is 6.07 Å². The van der Waals surface area contributed by atoms with E-state index in [0.29, 0.717) is 6.61 Å². The van der Waals surface area contributed by atoms with E-state index in [1.54, 1.807) is 7.11 Å². The summed E-state index contributed by atoms with van der Waals surface area (Å²) in [4.78, 5) is 5.47. The van der Waals surface area contributed by atoms with E-state index in [0.717, 1.165) is 6.54 Å². The molecule has 2 rings (SSSR count). The van der Waals surface area contributed by atoms with Crippen LogP contribution in [0.4, 0.5) is 0 Å². The highest BCUT2D eigenvalue weighted by atomic mass is 16.5. The molecule has 1 aromatic carbocycles. The van der Waals surface area contributed by atoms with Gasteiger partial charge in [0.05, 0.1) is 6.61 Å². The predicted molar refractivity (Wildman–Crippen MR) is 66.4 cm³/mol. The number of methoxy groups -OCH3 is 1. The third-order valence-electron chi connectivity index (χ3n) is 2.63. The van der Waals surface area contributed by atoms with Crippen molar-refractivity contribution in [3.63, 3.8) is 0 Å².